The lowest BCUT2D eigenvalue weighted by molar-refractivity contribution is -0.139. The van der Waals surface area contributed by atoms with E-state index in [4.69, 9.17) is 0 Å². The summed E-state index contributed by atoms with van der Waals surface area (Å²) in [5.41, 5.74) is 3.89. The van der Waals surface area contributed by atoms with E-state index in [1.165, 1.54) is 15.6 Å². The van der Waals surface area contributed by atoms with E-state index in [9.17, 15) is 18.0 Å². The maximum Gasteiger partial charge on any atom is 0.264 e. The third kappa shape index (κ3) is 7.61. The normalized spacial score (nSPS) is 14.7. The molecule has 0 saturated heterocycles. The van der Waals surface area contributed by atoms with Gasteiger partial charge in [-0.2, -0.15) is 0 Å². The van der Waals surface area contributed by atoms with E-state index in [1.54, 1.807) is 43.3 Å². The Bertz CT molecular complexity index is 1500. The molecule has 1 atom stereocenters. The van der Waals surface area contributed by atoms with Crippen molar-refractivity contribution in [1.29, 1.82) is 0 Å². The fourth-order valence-electron chi connectivity index (χ4n) is 5.29. The predicted molar refractivity (Wildman–Crippen MR) is 171 cm³/mol. The number of rotatable bonds is 10. The molecule has 224 valence electrons. The summed E-state index contributed by atoms with van der Waals surface area (Å²) in [7, 11) is -4.11. The number of amides is 2. The summed E-state index contributed by atoms with van der Waals surface area (Å²) in [4.78, 5) is 29.2. The van der Waals surface area contributed by atoms with Crippen LogP contribution in [-0.2, 0) is 26.2 Å². The molecule has 3 aromatic rings. The van der Waals surface area contributed by atoms with E-state index in [-0.39, 0.29) is 23.4 Å². The summed E-state index contributed by atoms with van der Waals surface area (Å²) in [5, 5.41) is 3.14. The first-order valence-electron chi connectivity index (χ1n) is 14.5. The zero-order valence-corrected chi connectivity index (χ0v) is 27.2. The first kappa shape index (κ1) is 31.8. The number of sulfonamides is 1. The minimum atomic E-state index is -4.11. The largest absolute Gasteiger partial charge is 0.352 e. The van der Waals surface area contributed by atoms with Crippen LogP contribution in [0.5, 0.6) is 0 Å². The number of hydrogen-bond donors (Lipinski definition) is 1. The van der Waals surface area contributed by atoms with E-state index in [2.05, 4.69) is 21.2 Å². The monoisotopic (exact) mass is 653 g/mol. The van der Waals surface area contributed by atoms with E-state index in [0.717, 1.165) is 52.4 Å². The summed E-state index contributed by atoms with van der Waals surface area (Å²) >= 11 is 3.45. The number of carbonyl (C=O) groups excluding carboxylic acids is 2. The van der Waals surface area contributed by atoms with Crippen LogP contribution >= 0.6 is 15.9 Å². The second-order valence-electron chi connectivity index (χ2n) is 11.2. The van der Waals surface area contributed by atoms with Crippen LogP contribution in [0.15, 0.2) is 76.1 Å². The Morgan fingerprint density at radius 1 is 0.929 bits per heavy atom. The molecule has 1 unspecified atom stereocenters. The summed E-state index contributed by atoms with van der Waals surface area (Å²) in [6.07, 6.45) is 5.16. The van der Waals surface area contributed by atoms with Gasteiger partial charge < -0.3 is 10.2 Å². The summed E-state index contributed by atoms with van der Waals surface area (Å²) in [6, 6.07) is 18.9. The number of nitrogens with zero attached hydrogens (tertiary/aromatic N) is 2. The van der Waals surface area contributed by atoms with Gasteiger partial charge in [-0.15, -0.1) is 0 Å². The number of hydrogen-bond acceptors (Lipinski definition) is 4. The second kappa shape index (κ2) is 13.9. The van der Waals surface area contributed by atoms with Crippen molar-refractivity contribution in [3.05, 3.63) is 93.5 Å². The van der Waals surface area contributed by atoms with E-state index >= 15 is 0 Å². The van der Waals surface area contributed by atoms with Crippen LogP contribution < -0.4 is 9.62 Å². The fraction of sp³-hybridized carbons (Fsp3) is 0.394. The van der Waals surface area contributed by atoms with Crippen molar-refractivity contribution in [3.63, 3.8) is 0 Å². The molecule has 2 amide bonds. The van der Waals surface area contributed by atoms with Gasteiger partial charge in [0.1, 0.15) is 12.6 Å². The molecule has 1 aliphatic carbocycles. The predicted octanol–water partition coefficient (Wildman–Crippen LogP) is 6.44. The lowest BCUT2D eigenvalue weighted by Gasteiger charge is -2.33. The van der Waals surface area contributed by atoms with Gasteiger partial charge in [0.25, 0.3) is 10.0 Å². The lowest BCUT2D eigenvalue weighted by Crippen LogP contribution is -2.53. The highest BCUT2D eigenvalue weighted by Gasteiger charge is 2.34. The standard InChI is InChI=1S/C33H40BrN3O4S/c1-23-13-19-30(20-14-23)42(40,41)37(31-12-8-9-24(2)25(31)3)22-32(38)36(21-27-15-17-28(34)18-16-27)26(4)33(39)35-29-10-6-5-7-11-29/h8-9,12-20,26,29H,5-7,10-11,21-22H2,1-4H3,(H,35,39). The highest BCUT2D eigenvalue weighted by atomic mass is 79.9. The topological polar surface area (TPSA) is 86.8 Å². The molecule has 1 saturated carbocycles. The Kier molecular flexibility index (Phi) is 10.5. The van der Waals surface area contributed by atoms with Gasteiger partial charge in [0.2, 0.25) is 11.8 Å². The van der Waals surface area contributed by atoms with Crippen LogP contribution in [0.4, 0.5) is 5.69 Å². The van der Waals surface area contributed by atoms with Crippen molar-refractivity contribution in [3.8, 4) is 0 Å². The molecule has 42 heavy (non-hydrogen) atoms. The number of halogens is 1. The molecule has 0 bridgehead atoms. The molecule has 7 nitrogen and oxygen atoms in total. The van der Waals surface area contributed by atoms with E-state index in [0.29, 0.717) is 5.69 Å². The van der Waals surface area contributed by atoms with Gasteiger partial charge in [-0.3, -0.25) is 13.9 Å². The van der Waals surface area contributed by atoms with Gasteiger partial charge in [0.15, 0.2) is 0 Å². The van der Waals surface area contributed by atoms with Gasteiger partial charge in [-0.25, -0.2) is 8.42 Å². The average molecular weight is 655 g/mol. The van der Waals surface area contributed by atoms with Crippen LogP contribution in [0.2, 0.25) is 0 Å². The minimum Gasteiger partial charge on any atom is -0.352 e. The van der Waals surface area contributed by atoms with Crippen molar-refractivity contribution < 1.29 is 18.0 Å². The Morgan fingerprint density at radius 2 is 1.57 bits per heavy atom. The lowest BCUT2D eigenvalue weighted by atomic mass is 9.95. The first-order valence-corrected chi connectivity index (χ1v) is 16.7. The maximum atomic E-state index is 14.2. The maximum absolute atomic E-state index is 14.2. The molecule has 1 fully saturated rings. The SMILES string of the molecule is Cc1ccc(S(=O)(=O)N(CC(=O)N(Cc2ccc(Br)cc2)C(C)C(=O)NC2CCCCC2)c2cccc(C)c2C)cc1. The molecule has 3 aromatic carbocycles. The second-order valence-corrected chi connectivity index (χ2v) is 14.0. The molecule has 0 spiro atoms. The van der Waals surface area contributed by atoms with Crippen LogP contribution in [0, 0.1) is 20.8 Å². The number of benzene rings is 3. The molecular formula is C33H40BrN3O4S. The molecule has 0 radical (unpaired) electrons. The van der Waals surface area contributed by atoms with Crippen LogP contribution in [-0.4, -0.2) is 43.8 Å². The molecule has 1 aliphatic rings. The highest BCUT2D eigenvalue weighted by molar-refractivity contribution is 9.10. The van der Waals surface area contributed by atoms with Crippen molar-refractivity contribution in [2.24, 2.45) is 0 Å². The molecule has 9 heteroatoms. The molecular weight excluding hydrogens is 614 g/mol. The summed E-state index contributed by atoms with van der Waals surface area (Å²) in [6.45, 7) is 7.09. The molecule has 0 aromatic heterocycles. The number of aryl methyl sites for hydroxylation is 2. The third-order valence-electron chi connectivity index (χ3n) is 8.12. The third-order valence-corrected chi connectivity index (χ3v) is 10.4. The zero-order valence-electron chi connectivity index (χ0n) is 24.8. The van der Waals surface area contributed by atoms with Gasteiger partial charge in [-0.05, 0) is 87.6 Å². The fourth-order valence-corrected chi connectivity index (χ4v) is 7.03. The van der Waals surface area contributed by atoms with E-state index < -0.39 is 28.5 Å². The number of anilines is 1. The van der Waals surface area contributed by atoms with Crippen molar-refractivity contribution in [2.75, 3.05) is 10.8 Å². The van der Waals surface area contributed by atoms with Crippen molar-refractivity contribution in [2.45, 2.75) is 83.3 Å². The summed E-state index contributed by atoms with van der Waals surface area (Å²) in [5.74, 6) is -0.687. The zero-order chi connectivity index (χ0) is 30.4. The van der Waals surface area contributed by atoms with Crippen molar-refractivity contribution >= 4 is 43.5 Å². The number of carbonyl (C=O) groups is 2. The van der Waals surface area contributed by atoms with Gasteiger partial charge >= 0.3 is 0 Å². The van der Waals surface area contributed by atoms with Gasteiger partial charge in [0, 0.05) is 17.1 Å². The number of nitrogens with one attached hydrogen (secondary N) is 1. The molecule has 1 N–H and O–H groups in total. The minimum absolute atomic E-state index is 0.0895. The Labute approximate surface area is 258 Å². The molecule has 0 heterocycles. The van der Waals surface area contributed by atoms with Crippen LogP contribution in [0.3, 0.4) is 0 Å². The van der Waals surface area contributed by atoms with Gasteiger partial charge in [-0.1, -0.05) is 77.2 Å². The quantitative estimate of drug-likeness (QED) is 0.273. The summed E-state index contributed by atoms with van der Waals surface area (Å²) < 4.78 is 30.3. The average Bonchev–Trinajstić information content (AvgIpc) is 2.97. The Hall–Kier alpha value is -3.17. The molecule has 0 aliphatic heterocycles. The van der Waals surface area contributed by atoms with Crippen LogP contribution in [0.1, 0.15) is 61.3 Å². The Morgan fingerprint density at radius 3 is 2.21 bits per heavy atom. The van der Waals surface area contributed by atoms with Gasteiger partial charge in [0.05, 0.1) is 10.6 Å². The smallest absolute Gasteiger partial charge is 0.264 e. The van der Waals surface area contributed by atoms with Crippen molar-refractivity contribution in [1.82, 2.24) is 10.2 Å². The highest BCUT2D eigenvalue weighted by Crippen LogP contribution is 2.29. The Balaban J connectivity index is 1.70. The molecule has 4 rings (SSSR count). The first-order chi connectivity index (χ1) is 20.0. The van der Waals surface area contributed by atoms with E-state index in [1.807, 2.05) is 51.1 Å². The van der Waals surface area contributed by atoms with Crippen LogP contribution in [0.25, 0.3) is 0 Å².